The van der Waals surface area contributed by atoms with E-state index >= 15 is 0 Å². The summed E-state index contributed by atoms with van der Waals surface area (Å²) in [6.07, 6.45) is 3.10. The van der Waals surface area contributed by atoms with Crippen molar-refractivity contribution in [2.24, 2.45) is 5.10 Å². The molecule has 4 heteroatoms. The SMILES string of the molecule is C=NN/C=C\NOC. The molecule has 0 unspecified atom stereocenters. The van der Waals surface area contributed by atoms with Crippen LogP contribution in [0.3, 0.4) is 0 Å². The van der Waals surface area contributed by atoms with Gasteiger partial charge in [0.25, 0.3) is 0 Å². The lowest BCUT2D eigenvalue weighted by Crippen LogP contribution is -2.03. The summed E-state index contributed by atoms with van der Waals surface area (Å²) in [5.41, 5.74) is 4.93. The Labute approximate surface area is 48.2 Å². The average molecular weight is 115 g/mol. The average Bonchev–Trinajstić information content (AvgIpc) is 1.81. The van der Waals surface area contributed by atoms with Gasteiger partial charge in [-0.05, 0) is 0 Å². The maximum absolute atomic E-state index is 4.45. The molecule has 0 aliphatic carbocycles. The van der Waals surface area contributed by atoms with Gasteiger partial charge in [-0.1, -0.05) is 0 Å². The maximum Gasteiger partial charge on any atom is 0.0636 e. The lowest BCUT2D eigenvalue weighted by Gasteiger charge is -1.90. The van der Waals surface area contributed by atoms with Gasteiger partial charge < -0.3 is 0 Å². The largest absolute Gasteiger partial charge is 0.285 e. The van der Waals surface area contributed by atoms with Crippen LogP contribution in [0.2, 0.25) is 0 Å². The normalized spacial score (nSPS) is 9.12. The van der Waals surface area contributed by atoms with Crippen LogP contribution in [0.1, 0.15) is 0 Å². The zero-order chi connectivity index (χ0) is 6.24. The second kappa shape index (κ2) is 5.97. The molecule has 0 amide bonds. The van der Waals surface area contributed by atoms with Crippen molar-refractivity contribution >= 4 is 6.72 Å². The van der Waals surface area contributed by atoms with Gasteiger partial charge in [0, 0.05) is 19.1 Å². The predicted molar refractivity (Wildman–Crippen MR) is 32.0 cm³/mol. The van der Waals surface area contributed by atoms with E-state index in [-0.39, 0.29) is 0 Å². The van der Waals surface area contributed by atoms with Gasteiger partial charge >= 0.3 is 0 Å². The second-order valence-corrected chi connectivity index (χ2v) is 0.943. The molecule has 0 rings (SSSR count). The molecule has 0 aromatic carbocycles. The third-order valence-electron chi connectivity index (χ3n) is 0.435. The molecule has 8 heavy (non-hydrogen) atoms. The Morgan fingerprint density at radius 1 is 1.62 bits per heavy atom. The van der Waals surface area contributed by atoms with Gasteiger partial charge in [0.05, 0.1) is 7.11 Å². The highest BCUT2D eigenvalue weighted by Crippen LogP contribution is 1.59. The molecule has 2 N–H and O–H groups in total. The molecule has 0 aliphatic heterocycles. The maximum atomic E-state index is 4.45. The fourth-order valence-corrected chi connectivity index (χ4v) is 0.192. The molecule has 0 heterocycles. The van der Waals surface area contributed by atoms with Gasteiger partial charge in [-0.25, -0.2) is 0 Å². The van der Waals surface area contributed by atoms with Crippen molar-refractivity contribution in [3.63, 3.8) is 0 Å². The Kier molecular flexibility index (Phi) is 5.20. The van der Waals surface area contributed by atoms with Crippen molar-refractivity contribution in [3.05, 3.63) is 12.4 Å². The Morgan fingerprint density at radius 3 is 2.88 bits per heavy atom. The molecule has 46 valence electrons. The second-order valence-electron chi connectivity index (χ2n) is 0.943. The molecule has 0 radical (unpaired) electrons. The van der Waals surface area contributed by atoms with Gasteiger partial charge in [-0.15, -0.1) is 0 Å². The van der Waals surface area contributed by atoms with E-state index in [1.807, 2.05) is 0 Å². The highest BCUT2D eigenvalue weighted by atomic mass is 16.6. The van der Waals surface area contributed by atoms with Crippen LogP contribution in [-0.4, -0.2) is 13.8 Å². The van der Waals surface area contributed by atoms with E-state index in [1.54, 1.807) is 12.4 Å². The molecule has 4 nitrogen and oxygen atoms in total. The third-order valence-corrected chi connectivity index (χ3v) is 0.435. The summed E-state index contributed by atoms with van der Waals surface area (Å²) in [5, 5.41) is 3.33. The zero-order valence-corrected chi connectivity index (χ0v) is 4.72. The minimum Gasteiger partial charge on any atom is -0.285 e. The van der Waals surface area contributed by atoms with Crippen LogP contribution >= 0.6 is 0 Å². The van der Waals surface area contributed by atoms with Gasteiger partial charge in [0.15, 0.2) is 0 Å². The van der Waals surface area contributed by atoms with Crippen LogP contribution in [0.15, 0.2) is 17.5 Å². The fourth-order valence-electron chi connectivity index (χ4n) is 0.192. The summed E-state index contributed by atoms with van der Waals surface area (Å²) in [6.45, 7) is 3.18. The monoisotopic (exact) mass is 115 g/mol. The standard InChI is InChI=1S/C4H9N3O/c1-5-6-3-4-7-8-2/h3-4,6-7H,1H2,2H3/b4-3-. The van der Waals surface area contributed by atoms with Crippen molar-refractivity contribution in [1.29, 1.82) is 0 Å². The Hall–Kier alpha value is -1.03. The molecular formula is C4H9N3O. The van der Waals surface area contributed by atoms with E-state index in [2.05, 4.69) is 27.6 Å². The Bertz CT molecular complexity index is 81.4. The predicted octanol–water partition coefficient (Wildman–Crippen LogP) is -0.186. The first-order valence-corrected chi connectivity index (χ1v) is 2.06. The van der Waals surface area contributed by atoms with E-state index in [0.29, 0.717) is 0 Å². The number of rotatable bonds is 4. The van der Waals surface area contributed by atoms with Crippen LogP contribution in [0.4, 0.5) is 0 Å². The van der Waals surface area contributed by atoms with Crippen molar-refractivity contribution in [3.8, 4) is 0 Å². The summed E-state index contributed by atoms with van der Waals surface area (Å²) in [7, 11) is 1.52. The Balaban J connectivity index is 2.94. The smallest absolute Gasteiger partial charge is 0.0636 e. The van der Waals surface area contributed by atoms with Crippen LogP contribution in [0, 0.1) is 0 Å². The quantitative estimate of drug-likeness (QED) is 0.394. The molecule has 0 aromatic heterocycles. The lowest BCUT2D eigenvalue weighted by atomic mass is 10.9. The lowest BCUT2D eigenvalue weighted by molar-refractivity contribution is 0.128. The van der Waals surface area contributed by atoms with Crippen molar-refractivity contribution in [2.75, 3.05) is 7.11 Å². The number of hydroxylamine groups is 1. The van der Waals surface area contributed by atoms with Gasteiger partial charge in [0.1, 0.15) is 0 Å². The summed E-state index contributed by atoms with van der Waals surface area (Å²) in [4.78, 5) is 4.45. The van der Waals surface area contributed by atoms with Gasteiger partial charge in [-0.3, -0.25) is 15.7 Å². The molecule has 0 atom stereocenters. The summed E-state index contributed by atoms with van der Waals surface area (Å²) in [5.74, 6) is 0. The summed E-state index contributed by atoms with van der Waals surface area (Å²) < 4.78 is 0. The van der Waals surface area contributed by atoms with Crippen molar-refractivity contribution in [2.45, 2.75) is 0 Å². The van der Waals surface area contributed by atoms with Crippen LogP contribution in [-0.2, 0) is 4.84 Å². The molecular weight excluding hydrogens is 106 g/mol. The van der Waals surface area contributed by atoms with E-state index < -0.39 is 0 Å². The zero-order valence-electron chi connectivity index (χ0n) is 4.72. The molecule has 0 spiro atoms. The van der Waals surface area contributed by atoms with Crippen molar-refractivity contribution in [1.82, 2.24) is 10.9 Å². The van der Waals surface area contributed by atoms with Crippen LogP contribution < -0.4 is 10.9 Å². The summed E-state index contributed by atoms with van der Waals surface area (Å²) >= 11 is 0. The first-order valence-electron chi connectivity index (χ1n) is 2.06. The van der Waals surface area contributed by atoms with Gasteiger partial charge in [0.2, 0.25) is 0 Å². The molecule has 0 saturated heterocycles. The fraction of sp³-hybridized carbons (Fsp3) is 0.250. The first-order chi connectivity index (χ1) is 3.91. The minimum atomic E-state index is 1.52. The third kappa shape index (κ3) is 4.97. The van der Waals surface area contributed by atoms with Crippen LogP contribution in [0.25, 0.3) is 0 Å². The minimum absolute atomic E-state index is 1.52. The molecule has 0 saturated carbocycles. The first kappa shape index (κ1) is 6.97. The summed E-state index contributed by atoms with van der Waals surface area (Å²) in [6, 6.07) is 0. The van der Waals surface area contributed by atoms with E-state index in [1.165, 1.54) is 7.11 Å². The Morgan fingerprint density at radius 2 is 2.38 bits per heavy atom. The highest BCUT2D eigenvalue weighted by Gasteiger charge is 1.62. The van der Waals surface area contributed by atoms with E-state index in [9.17, 15) is 0 Å². The molecule has 0 aromatic rings. The van der Waals surface area contributed by atoms with E-state index in [0.717, 1.165) is 0 Å². The van der Waals surface area contributed by atoms with Crippen molar-refractivity contribution < 1.29 is 4.84 Å². The topological polar surface area (TPSA) is 45.7 Å². The van der Waals surface area contributed by atoms with Crippen LogP contribution in [0.5, 0.6) is 0 Å². The number of nitrogens with zero attached hydrogens (tertiary/aromatic N) is 1. The number of hydrazone groups is 1. The molecule has 0 bridgehead atoms. The number of nitrogens with one attached hydrogen (secondary N) is 2. The van der Waals surface area contributed by atoms with Gasteiger partial charge in [-0.2, -0.15) is 5.10 Å². The highest BCUT2D eigenvalue weighted by molar-refractivity contribution is 5.22. The molecule has 0 aliphatic rings. The number of hydrogen-bond donors (Lipinski definition) is 2. The molecule has 0 fully saturated rings. The van der Waals surface area contributed by atoms with E-state index in [4.69, 9.17) is 0 Å². The number of hydrogen-bond acceptors (Lipinski definition) is 4.